The Bertz CT molecular complexity index is 1170. The van der Waals surface area contributed by atoms with E-state index in [1.54, 1.807) is 0 Å². The number of ether oxygens (including phenoxy) is 1. The Labute approximate surface area is 145 Å². The molecule has 120 valence electrons. The Morgan fingerprint density at radius 1 is 0.800 bits per heavy atom. The maximum Gasteiger partial charge on any atom is 0.338 e. The van der Waals surface area contributed by atoms with Gasteiger partial charge >= 0.3 is 5.97 Å². The van der Waals surface area contributed by atoms with Crippen LogP contribution in [0.3, 0.4) is 0 Å². The molecular formula is C23H16O2. The summed E-state index contributed by atoms with van der Waals surface area (Å²) in [6, 6.07) is 23.0. The molecule has 1 aliphatic rings. The summed E-state index contributed by atoms with van der Waals surface area (Å²) in [5.74, 6) is -0.265. The molecule has 2 heteroatoms. The summed E-state index contributed by atoms with van der Waals surface area (Å²) in [4.78, 5) is 12.1. The minimum absolute atomic E-state index is 0.265. The van der Waals surface area contributed by atoms with Gasteiger partial charge in [-0.3, -0.25) is 0 Å². The monoisotopic (exact) mass is 324 g/mol. The van der Waals surface area contributed by atoms with Crippen molar-refractivity contribution in [2.75, 3.05) is 6.61 Å². The van der Waals surface area contributed by atoms with E-state index in [0.29, 0.717) is 12.2 Å². The van der Waals surface area contributed by atoms with Crippen LogP contribution in [-0.4, -0.2) is 12.6 Å². The van der Waals surface area contributed by atoms with Gasteiger partial charge in [-0.25, -0.2) is 4.79 Å². The summed E-state index contributed by atoms with van der Waals surface area (Å²) in [5, 5.41) is 5.04. The standard InChI is InChI=1S/C23H16O2/c1-2-25-23(24)15-10-11-17-20(13-15)19-9-5-8-18-16-7-4-3-6-14(16)12-21(17)22(18)19/h3-13H,2H2,1H3. The van der Waals surface area contributed by atoms with Crippen LogP contribution in [0.5, 0.6) is 0 Å². The lowest BCUT2D eigenvalue weighted by molar-refractivity contribution is 0.0526. The maximum absolute atomic E-state index is 12.1. The third-order valence-corrected chi connectivity index (χ3v) is 5.00. The van der Waals surface area contributed by atoms with Crippen molar-refractivity contribution in [3.8, 4) is 22.3 Å². The first-order valence-electron chi connectivity index (χ1n) is 8.54. The topological polar surface area (TPSA) is 26.3 Å². The molecule has 4 aromatic rings. The van der Waals surface area contributed by atoms with Crippen LogP contribution in [0.25, 0.3) is 43.8 Å². The smallest absolute Gasteiger partial charge is 0.338 e. The van der Waals surface area contributed by atoms with Gasteiger partial charge in [-0.2, -0.15) is 0 Å². The minimum atomic E-state index is -0.265. The first-order valence-corrected chi connectivity index (χ1v) is 8.54. The lowest BCUT2D eigenvalue weighted by Crippen LogP contribution is -2.04. The largest absolute Gasteiger partial charge is 0.462 e. The van der Waals surface area contributed by atoms with E-state index in [1.165, 1.54) is 38.2 Å². The second-order valence-corrected chi connectivity index (χ2v) is 6.35. The molecule has 0 fully saturated rings. The maximum atomic E-state index is 12.1. The van der Waals surface area contributed by atoms with Crippen molar-refractivity contribution in [2.24, 2.45) is 0 Å². The van der Waals surface area contributed by atoms with Crippen LogP contribution >= 0.6 is 0 Å². The second kappa shape index (κ2) is 5.18. The van der Waals surface area contributed by atoms with Gasteiger partial charge in [0.1, 0.15) is 0 Å². The summed E-state index contributed by atoms with van der Waals surface area (Å²) in [7, 11) is 0. The molecule has 1 aliphatic carbocycles. The Kier molecular flexibility index (Phi) is 2.95. The minimum Gasteiger partial charge on any atom is -0.462 e. The zero-order valence-corrected chi connectivity index (χ0v) is 13.9. The average molecular weight is 324 g/mol. The molecule has 0 bridgehead atoms. The lowest BCUT2D eigenvalue weighted by atomic mass is 9.96. The fourth-order valence-electron chi connectivity index (χ4n) is 3.94. The van der Waals surface area contributed by atoms with Crippen molar-refractivity contribution in [2.45, 2.75) is 6.92 Å². The predicted molar refractivity (Wildman–Crippen MR) is 102 cm³/mol. The summed E-state index contributed by atoms with van der Waals surface area (Å²) in [5.41, 5.74) is 5.34. The van der Waals surface area contributed by atoms with E-state index < -0.39 is 0 Å². The van der Waals surface area contributed by atoms with Crippen LogP contribution in [0.15, 0.2) is 66.7 Å². The van der Waals surface area contributed by atoms with Crippen molar-refractivity contribution in [1.82, 2.24) is 0 Å². The molecule has 0 aliphatic heterocycles. The van der Waals surface area contributed by atoms with Gasteiger partial charge in [0.15, 0.2) is 0 Å². The molecule has 0 spiro atoms. The zero-order valence-electron chi connectivity index (χ0n) is 13.9. The number of esters is 1. The summed E-state index contributed by atoms with van der Waals surface area (Å²) < 4.78 is 5.16. The second-order valence-electron chi connectivity index (χ2n) is 6.35. The molecule has 5 rings (SSSR count). The van der Waals surface area contributed by atoms with E-state index >= 15 is 0 Å². The lowest BCUT2D eigenvalue weighted by Gasteiger charge is -2.07. The van der Waals surface area contributed by atoms with Crippen molar-refractivity contribution < 1.29 is 9.53 Å². The third-order valence-electron chi connectivity index (χ3n) is 5.00. The third kappa shape index (κ3) is 1.94. The van der Waals surface area contributed by atoms with E-state index in [1.807, 2.05) is 25.1 Å². The SMILES string of the molecule is CCOC(=O)c1ccc2c(c1)-c1cccc3c1c-2cc1ccccc13. The van der Waals surface area contributed by atoms with Crippen molar-refractivity contribution >= 4 is 27.5 Å². The van der Waals surface area contributed by atoms with Gasteiger partial charge in [0.25, 0.3) is 0 Å². The van der Waals surface area contributed by atoms with Crippen molar-refractivity contribution in [3.63, 3.8) is 0 Å². The highest BCUT2D eigenvalue weighted by atomic mass is 16.5. The Hall–Kier alpha value is -3.13. The molecule has 0 saturated heterocycles. The van der Waals surface area contributed by atoms with Gasteiger partial charge in [0.05, 0.1) is 12.2 Å². The number of benzene rings is 4. The Balaban J connectivity index is 1.84. The first kappa shape index (κ1) is 14.2. The summed E-state index contributed by atoms with van der Waals surface area (Å²) >= 11 is 0. The Morgan fingerprint density at radius 3 is 2.52 bits per heavy atom. The molecule has 0 amide bonds. The van der Waals surface area contributed by atoms with Crippen LogP contribution in [0.2, 0.25) is 0 Å². The highest BCUT2D eigenvalue weighted by Crippen LogP contribution is 2.49. The Morgan fingerprint density at radius 2 is 1.64 bits per heavy atom. The fraction of sp³-hybridized carbons (Fsp3) is 0.0870. The molecule has 0 N–H and O–H groups in total. The first-order chi connectivity index (χ1) is 12.3. The number of hydrogen-bond acceptors (Lipinski definition) is 2. The summed E-state index contributed by atoms with van der Waals surface area (Å²) in [6.45, 7) is 2.21. The molecule has 2 nitrogen and oxygen atoms in total. The van der Waals surface area contributed by atoms with Gasteiger partial charge in [0.2, 0.25) is 0 Å². The fourth-order valence-corrected chi connectivity index (χ4v) is 3.94. The van der Waals surface area contributed by atoms with E-state index in [2.05, 4.69) is 48.5 Å². The van der Waals surface area contributed by atoms with Gasteiger partial charge in [-0.15, -0.1) is 0 Å². The zero-order chi connectivity index (χ0) is 17.0. The summed E-state index contributed by atoms with van der Waals surface area (Å²) in [6.07, 6.45) is 0. The number of hydrogen-bond donors (Lipinski definition) is 0. The number of carbonyl (C=O) groups is 1. The van der Waals surface area contributed by atoms with Gasteiger partial charge in [-0.05, 0) is 68.9 Å². The molecule has 25 heavy (non-hydrogen) atoms. The molecule has 0 saturated carbocycles. The highest BCUT2D eigenvalue weighted by molar-refractivity contribution is 6.23. The van der Waals surface area contributed by atoms with E-state index in [4.69, 9.17) is 4.74 Å². The number of fused-ring (bicyclic) bond motifs is 5. The quantitative estimate of drug-likeness (QED) is 0.302. The average Bonchev–Trinajstić information content (AvgIpc) is 2.97. The van der Waals surface area contributed by atoms with Crippen LogP contribution in [-0.2, 0) is 4.74 Å². The molecule has 0 radical (unpaired) electrons. The van der Waals surface area contributed by atoms with Crippen LogP contribution in [0, 0.1) is 0 Å². The number of rotatable bonds is 2. The van der Waals surface area contributed by atoms with E-state index in [9.17, 15) is 4.79 Å². The van der Waals surface area contributed by atoms with Gasteiger partial charge in [0, 0.05) is 0 Å². The molecule has 4 aromatic carbocycles. The molecule has 0 unspecified atom stereocenters. The van der Waals surface area contributed by atoms with Crippen LogP contribution < -0.4 is 0 Å². The van der Waals surface area contributed by atoms with Crippen LogP contribution in [0.4, 0.5) is 0 Å². The van der Waals surface area contributed by atoms with Crippen LogP contribution in [0.1, 0.15) is 17.3 Å². The molecule has 0 atom stereocenters. The number of carbonyl (C=O) groups excluding carboxylic acids is 1. The molecular weight excluding hydrogens is 308 g/mol. The molecule has 0 heterocycles. The molecule has 0 aromatic heterocycles. The highest BCUT2D eigenvalue weighted by Gasteiger charge is 2.23. The van der Waals surface area contributed by atoms with Crippen molar-refractivity contribution in [3.05, 3.63) is 72.3 Å². The van der Waals surface area contributed by atoms with E-state index in [0.717, 1.165) is 5.56 Å². The van der Waals surface area contributed by atoms with Crippen molar-refractivity contribution in [1.29, 1.82) is 0 Å². The van der Waals surface area contributed by atoms with E-state index in [-0.39, 0.29) is 5.97 Å². The van der Waals surface area contributed by atoms with Gasteiger partial charge < -0.3 is 4.74 Å². The normalized spacial score (nSPS) is 11.7. The van der Waals surface area contributed by atoms with Gasteiger partial charge in [-0.1, -0.05) is 48.5 Å². The predicted octanol–water partition coefficient (Wildman–Crippen LogP) is 5.82.